The Morgan fingerprint density at radius 1 is 1.21 bits per heavy atom. The number of aromatic nitrogens is 1. The van der Waals surface area contributed by atoms with Gasteiger partial charge in [0.2, 0.25) is 0 Å². The Morgan fingerprint density at radius 3 is 2.79 bits per heavy atom. The molecule has 0 amide bonds. The van der Waals surface area contributed by atoms with Gasteiger partial charge in [-0.15, -0.1) is 11.3 Å². The van der Waals surface area contributed by atoms with Crippen LogP contribution < -0.4 is 0 Å². The molecule has 0 aliphatic rings. The van der Waals surface area contributed by atoms with Gasteiger partial charge in [-0.2, -0.15) is 0 Å². The first-order valence-corrected chi connectivity index (χ1v) is 6.38. The molecule has 0 bridgehead atoms. The lowest BCUT2D eigenvalue weighted by Gasteiger charge is -1.97. The van der Waals surface area contributed by atoms with Gasteiger partial charge in [-0.1, -0.05) is 6.07 Å². The molecule has 4 nitrogen and oxygen atoms in total. The fourth-order valence-corrected chi connectivity index (χ4v) is 2.92. The van der Waals surface area contributed by atoms with Crippen molar-refractivity contribution in [2.24, 2.45) is 0 Å². The minimum Gasteiger partial charge on any atom is -0.507 e. The standard InChI is InChI=1S/C14H9NO3S/c16-11-2-1-3-12-9(11)7-13(19-12)10-6-8(14(17)18)4-5-15-10/h1-7,16H,(H,17,18). The molecule has 2 heterocycles. The van der Waals surface area contributed by atoms with Gasteiger partial charge in [0.15, 0.2) is 0 Å². The highest BCUT2D eigenvalue weighted by atomic mass is 32.1. The van der Waals surface area contributed by atoms with Crippen LogP contribution in [-0.4, -0.2) is 21.2 Å². The van der Waals surface area contributed by atoms with Crippen molar-refractivity contribution >= 4 is 27.4 Å². The Hall–Kier alpha value is -2.40. The number of aromatic carboxylic acids is 1. The van der Waals surface area contributed by atoms with Gasteiger partial charge in [-0.3, -0.25) is 4.98 Å². The van der Waals surface area contributed by atoms with Crippen molar-refractivity contribution in [3.8, 4) is 16.3 Å². The van der Waals surface area contributed by atoms with E-state index in [1.165, 1.54) is 29.7 Å². The van der Waals surface area contributed by atoms with E-state index >= 15 is 0 Å². The normalized spacial score (nSPS) is 10.7. The summed E-state index contributed by atoms with van der Waals surface area (Å²) >= 11 is 1.47. The molecule has 0 fully saturated rings. The molecule has 2 aromatic heterocycles. The second kappa shape index (κ2) is 4.37. The number of pyridine rings is 1. The third kappa shape index (κ3) is 2.04. The lowest BCUT2D eigenvalue weighted by molar-refractivity contribution is 0.0697. The van der Waals surface area contributed by atoms with Crippen molar-refractivity contribution in [3.05, 3.63) is 48.2 Å². The van der Waals surface area contributed by atoms with Gasteiger partial charge in [-0.05, 0) is 30.3 Å². The second-order valence-electron chi connectivity index (χ2n) is 4.03. The van der Waals surface area contributed by atoms with Crippen molar-refractivity contribution in [1.82, 2.24) is 4.98 Å². The summed E-state index contributed by atoms with van der Waals surface area (Å²) in [5.41, 5.74) is 0.798. The van der Waals surface area contributed by atoms with Crippen molar-refractivity contribution in [2.75, 3.05) is 0 Å². The molecule has 0 radical (unpaired) electrons. The molecule has 0 unspecified atom stereocenters. The van der Waals surface area contributed by atoms with Gasteiger partial charge in [0.1, 0.15) is 5.75 Å². The fourth-order valence-electron chi connectivity index (χ4n) is 1.87. The zero-order valence-corrected chi connectivity index (χ0v) is 10.5. The number of carbonyl (C=O) groups is 1. The van der Waals surface area contributed by atoms with Crippen LogP contribution in [0.2, 0.25) is 0 Å². The van der Waals surface area contributed by atoms with Crippen LogP contribution in [0.3, 0.4) is 0 Å². The van der Waals surface area contributed by atoms with E-state index in [1.807, 2.05) is 12.1 Å². The quantitative estimate of drug-likeness (QED) is 0.749. The summed E-state index contributed by atoms with van der Waals surface area (Å²) in [4.78, 5) is 16.0. The molecule has 2 N–H and O–H groups in total. The van der Waals surface area contributed by atoms with E-state index < -0.39 is 5.97 Å². The number of hydrogen-bond acceptors (Lipinski definition) is 4. The molecular weight excluding hydrogens is 262 g/mol. The van der Waals surface area contributed by atoms with Crippen LogP contribution in [-0.2, 0) is 0 Å². The summed E-state index contributed by atoms with van der Waals surface area (Å²) in [6.07, 6.45) is 1.48. The van der Waals surface area contributed by atoms with E-state index in [0.717, 1.165) is 15.0 Å². The molecule has 0 aliphatic heterocycles. The van der Waals surface area contributed by atoms with Crippen LogP contribution >= 0.6 is 11.3 Å². The smallest absolute Gasteiger partial charge is 0.335 e. The van der Waals surface area contributed by atoms with E-state index in [2.05, 4.69) is 4.98 Å². The van der Waals surface area contributed by atoms with E-state index in [4.69, 9.17) is 5.11 Å². The summed E-state index contributed by atoms with van der Waals surface area (Å²) in [5.74, 6) is -0.762. The molecule has 0 saturated carbocycles. The van der Waals surface area contributed by atoms with Gasteiger partial charge in [-0.25, -0.2) is 4.79 Å². The van der Waals surface area contributed by atoms with Gasteiger partial charge < -0.3 is 10.2 Å². The molecule has 94 valence electrons. The first-order valence-electron chi connectivity index (χ1n) is 5.56. The molecule has 0 aliphatic carbocycles. The molecule has 0 saturated heterocycles. The molecule has 3 aromatic rings. The minimum atomic E-state index is -0.979. The maximum absolute atomic E-state index is 10.9. The average Bonchev–Trinajstić information content (AvgIpc) is 2.84. The van der Waals surface area contributed by atoms with Crippen LogP contribution in [0.1, 0.15) is 10.4 Å². The number of benzene rings is 1. The first kappa shape index (κ1) is 11.7. The van der Waals surface area contributed by atoms with Crippen LogP contribution in [0.5, 0.6) is 5.75 Å². The second-order valence-corrected chi connectivity index (χ2v) is 5.12. The maximum Gasteiger partial charge on any atom is 0.335 e. The van der Waals surface area contributed by atoms with E-state index in [-0.39, 0.29) is 11.3 Å². The lowest BCUT2D eigenvalue weighted by Crippen LogP contribution is -1.96. The van der Waals surface area contributed by atoms with Crippen LogP contribution in [0.4, 0.5) is 0 Å². The van der Waals surface area contributed by atoms with E-state index in [1.54, 1.807) is 12.1 Å². The third-order valence-corrected chi connectivity index (χ3v) is 3.92. The number of fused-ring (bicyclic) bond motifs is 1. The van der Waals surface area contributed by atoms with E-state index in [9.17, 15) is 9.90 Å². The van der Waals surface area contributed by atoms with Crippen molar-refractivity contribution < 1.29 is 15.0 Å². The number of carboxylic acid groups (broad SMARTS) is 1. The first-order chi connectivity index (χ1) is 9.15. The number of nitrogens with zero attached hydrogens (tertiary/aromatic N) is 1. The summed E-state index contributed by atoms with van der Waals surface area (Å²) in [7, 11) is 0. The third-order valence-electron chi connectivity index (χ3n) is 2.80. The fraction of sp³-hybridized carbons (Fsp3) is 0. The molecule has 19 heavy (non-hydrogen) atoms. The van der Waals surface area contributed by atoms with Crippen LogP contribution in [0, 0.1) is 0 Å². The zero-order valence-electron chi connectivity index (χ0n) is 9.70. The Bertz CT molecular complexity index is 779. The number of rotatable bonds is 2. The predicted octanol–water partition coefficient (Wildman–Crippen LogP) is 3.37. The van der Waals surface area contributed by atoms with Crippen molar-refractivity contribution in [3.63, 3.8) is 0 Å². The van der Waals surface area contributed by atoms with Crippen molar-refractivity contribution in [2.45, 2.75) is 0 Å². The lowest BCUT2D eigenvalue weighted by atomic mass is 10.2. The average molecular weight is 271 g/mol. The summed E-state index contributed by atoms with van der Waals surface area (Å²) in [6.45, 7) is 0. The highest BCUT2D eigenvalue weighted by Crippen LogP contribution is 2.36. The highest BCUT2D eigenvalue weighted by Gasteiger charge is 2.10. The number of hydrogen-bond donors (Lipinski definition) is 2. The topological polar surface area (TPSA) is 70.4 Å². The van der Waals surface area contributed by atoms with E-state index in [0.29, 0.717) is 5.69 Å². The zero-order chi connectivity index (χ0) is 13.4. The summed E-state index contributed by atoms with van der Waals surface area (Å²) < 4.78 is 0.942. The summed E-state index contributed by atoms with van der Waals surface area (Å²) in [6, 6.07) is 10.1. The number of phenolic OH excluding ortho intramolecular Hbond substituents is 1. The number of aromatic hydroxyl groups is 1. The molecule has 5 heteroatoms. The minimum absolute atomic E-state index is 0.201. The molecule has 0 atom stereocenters. The van der Waals surface area contributed by atoms with Gasteiger partial charge in [0.25, 0.3) is 0 Å². The Kier molecular flexibility index (Phi) is 2.68. The molecule has 1 aromatic carbocycles. The number of carboxylic acids is 1. The van der Waals surface area contributed by atoms with Crippen LogP contribution in [0.25, 0.3) is 20.7 Å². The summed E-state index contributed by atoms with van der Waals surface area (Å²) in [5, 5.41) is 19.5. The molecule has 0 spiro atoms. The Labute approximate surface area is 112 Å². The largest absolute Gasteiger partial charge is 0.507 e. The van der Waals surface area contributed by atoms with Gasteiger partial charge in [0, 0.05) is 16.3 Å². The van der Waals surface area contributed by atoms with Crippen LogP contribution in [0.15, 0.2) is 42.6 Å². The van der Waals surface area contributed by atoms with Gasteiger partial charge in [0.05, 0.1) is 16.1 Å². The van der Waals surface area contributed by atoms with Crippen molar-refractivity contribution in [1.29, 1.82) is 0 Å². The molecular formula is C14H9NO3S. The monoisotopic (exact) mass is 271 g/mol. The maximum atomic E-state index is 10.9. The van der Waals surface area contributed by atoms with Gasteiger partial charge >= 0.3 is 5.97 Å². The highest BCUT2D eigenvalue weighted by molar-refractivity contribution is 7.22. The number of phenols is 1. The Balaban J connectivity index is 2.16. The molecule has 3 rings (SSSR count). The number of thiophene rings is 1. The predicted molar refractivity (Wildman–Crippen MR) is 73.7 cm³/mol. The SMILES string of the molecule is O=C(O)c1ccnc(-c2cc3c(O)cccc3s2)c1. The Morgan fingerprint density at radius 2 is 2.05 bits per heavy atom.